The molecule has 2 heterocycles. The zero-order valence-electron chi connectivity index (χ0n) is 19.1. The van der Waals surface area contributed by atoms with E-state index >= 15 is 0 Å². The van der Waals surface area contributed by atoms with E-state index in [1.54, 1.807) is 35.9 Å². The lowest BCUT2D eigenvalue weighted by atomic mass is 10.1. The summed E-state index contributed by atoms with van der Waals surface area (Å²) in [6, 6.07) is 20.8. The minimum Gasteiger partial charge on any atom is -0.497 e. The highest BCUT2D eigenvalue weighted by Crippen LogP contribution is 2.19. The lowest BCUT2D eigenvalue weighted by molar-refractivity contribution is 0.101. The van der Waals surface area contributed by atoms with E-state index in [9.17, 15) is 9.59 Å². The molecular formula is C26H23N5O3. The van der Waals surface area contributed by atoms with Crippen molar-refractivity contribution in [3.63, 3.8) is 0 Å². The van der Waals surface area contributed by atoms with Crippen LogP contribution >= 0.6 is 0 Å². The van der Waals surface area contributed by atoms with Crippen molar-refractivity contribution in [2.24, 2.45) is 0 Å². The van der Waals surface area contributed by atoms with Crippen LogP contribution in [0, 0.1) is 13.8 Å². The minimum atomic E-state index is -0.501. The van der Waals surface area contributed by atoms with Gasteiger partial charge in [-0.05, 0) is 61.4 Å². The Labute approximate surface area is 195 Å². The van der Waals surface area contributed by atoms with Crippen LogP contribution < -0.4 is 15.6 Å². The number of benzene rings is 3. The molecule has 0 saturated heterocycles. The number of carbonyl (C=O) groups is 1. The van der Waals surface area contributed by atoms with Crippen molar-refractivity contribution in [3.05, 3.63) is 99.6 Å². The third kappa shape index (κ3) is 3.90. The van der Waals surface area contributed by atoms with Crippen LogP contribution in [0.25, 0.3) is 16.7 Å². The van der Waals surface area contributed by atoms with E-state index in [-0.39, 0.29) is 17.0 Å². The number of ether oxygens (including phenoxy) is 1. The first-order valence-corrected chi connectivity index (χ1v) is 10.8. The highest BCUT2D eigenvalue weighted by molar-refractivity contribution is 6.02. The summed E-state index contributed by atoms with van der Waals surface area (Å²) < 4.78 is 8.28. The van der Waals surface area contributed by atoms with Crippen LogP contribution in [0.15, 0.2) is 71.5 Å². The molecule has 0 bridgehead atoms. The van der Waals surface area contributed by atoms with E-state index in [0.29, 0.717) is 23.5 Å². The predicted octanol–water partition coefficient (Wildman–Crippen LogP) is 3.97. The highest BCUT2D eigenvalue weighted by atomic mass is 16.5. The normalized spacial score (nSPS) is 11.1. The standard InChI is InChI=1S/C26H23N5O3/c1-16-4-7-18(8-5-16)15-30-22-14-17(2)6-13-21(22)31-24(26(30)33)28-23(29-31)25(32)27-19-9-11-20(34-3)12-10-19/h4-14H,15H2,1-3H3,(H,27,32). The Kier molecular flexibility index (Phi) is 5.33. The Bertz CT molecular complexity index is 1580. The molecule has 1 N–H and O–H groups in total. The summed E-state index contributed by atoms with van der Waals surface area (Å²) in [4.78, 5) is 30.7. The number of methoxy groups -OCH3 is 1. The van der Waals surface area contributed by atoms with E-state index in [0.717, 1.165) is 22.2 Å². The van der Waals surface area contributed by atoms with Gasteiger partial charge in [0.2, 0.25) is 11.5 Å². The Morgan fingerprint density at radius 2 is 1.65 bits per heavy atom. The van der Waals surface area contributed by atoms with Crippen LogP contribution in [0.2, 0.25) is 0 Å². The van der Waals surface area contributed by atoms with Crippen molar-refractivity contribution < 1.29 is 9.53 Å². The molecule has 1 amide bonds. The number of rotatable bonds is 5. The number of carbonyl (C=O) groups excluding carboxylic acids is 1. The van der Waals surface area contributed by atoms with E-state index in [2.05, 4.69) is 15.4 Å². The molecule has 0 aliphatic rings. The number of nitrogens with zero attached hydrogens (tertiary/aromatic N) is 4. The molecule has 34 heavy (non-hydrogen) atoms. The summed E-state index contributed by atoms with van der Waals surface area (Å²) in [5, 5.41) is 7.14. The number of hydrogen-bond donors (Lipinski definition) is 1. The van der Waals surface area contributed by atoms with Gasteiger partial charge >= 0.3 is 0 Å². The SMILES string of the molecule is COc1ccc(NC(=O)c2nc3c(=O)n(Cc4ccc(C)cc4)c4cc(C)ccc4n3n2)cc1. The Morgan fingerprint density at radius 1 is 0.941 bits per heavy atom. The first-order valence-electron chi connectivity index (χ1n) is 10.8. The van der Waals surface area contributed by atoms with E-state index in [1.807, 2.05) is 56.3 Å². The molecule has 8 nitrogen and oxygen atoms in total. The van der Waals surface area contributed by atoms with Crippen LogP contribution in [0.4, 0.5) is 5.69 Å². The van der Waals surface area contributed by atoms with Crippen molar-refractivity contribution in [3.8, 4) is 5.75 Å². The zero-order chi connectivity index (χ0) is 23.8. The summed E-state index contributed by atoms with van der Waals surface area (Å²) in [7, 11) is 1.58. The molecule has 2 aromatic heterocycles. The number of fused-ring (bicyclic) bond motifs is 3. The largest absolute Gasteiger partial charge is 0.497 e. The van der Waals surface area contributed by atoms with Gasteiger partial charge in [0.05, 0.1) is 24.7 Å². The maximum atomic E-state index is 13.5. The number of aryl methyl sites for hydroxylation is 2. The van der Waals surface area contributed by atoms with E-state index < -0.39 is 5.91 Å². The first kappa shape index (κ1) is 21.4. The molecule has 0 aliphatic heterocycles. The molecule has 0 unspecified atom stereocenters. The fourth-order valence-electron chi connectivity index (χ4n) is 3.87. The molecule has 5 aromatic rings. The topological polar surface area (TPSA) is 90.5 Å². The molecule has 0 spiro atoms. The zero-order valence-corrected chi connectivity index (χ0v) is 19.1. The summed E-state index contributed by atoms with van der Waals surface area (Å²) in [5.74, 6) is 0.0984. The van der Waals surface area contributed by atoms with Crippen LogP contribution in [0.1, 0.15) is 27.3 Å². The van der Waals surface area contributed by atoms with Crippen LogP contribution in [-0.4, -0.2) is 32.2 Å². The molecule has 170 valence electrons. The lowest BCUT2D eigenvalue weighted by Crippen LogP contribution is -2.24. The number of nitrogens with one attached hydrogen (secondary N) is 1. The third-order valence-electron chi connectivity index (χ3n) is 5.71. The summed E-state index contributed by atoms with van der Waals surface area (Å²) in [6.45, 7) is 4.38. The number of amides is 1. The van der Waals surface area contributed by atoms with Crippen LogP contribution in [0.5, 0.6) is 5.75 Å². The van der Waals surface area contributed by atoms with Crippen molar-refractivity contribution in [1.82, 2.24) is 19.2 Å². The van der Waals surface area contributed by atoms with Crippen LogP contribution in [-0.2, 0) is 6.54 Å². The van der Waals surface area contributed by atoms with Gasteiger partial charge in [0, 0.05) is 5.69 Å². The minimum absolute atomic E-state index is 0.0807. The second kappa shape index (κ2) is 8.47. The second-order valence-electron chi connectivity index (χ2n) is 8.22. The first-order chi connectivity index (χ1) is 16.4. The number of hydrogen-bond acceptors (Lipinski definition) is 5. The van der Waals surface area contributed by atoms with Crippen molar-refractivity contribution in [2.75, 3.05) is 12.4 Å². The van der Waals surface area contributed by atoms with Gasteiger partial charge in [0.1, 0.15) is 5.75 Å². The summed E-state index contributed by atoms with van der Waals surface area (Å²) in [6.07, 6.45) is 0. The number of anilines is 1. The van der Waals surface area contributed by atoms with Gasteiger partial charge in [-0.3, -0.25) is 14.2 Å². The fraction of sp³-hybridized carbons (Fsp3) is 0.154. The molecule has 3 aromatic carbocycles. The monoisotopic (exact) mass is 453 g/mol. The summed E-state index contributed by atoms with van der Waals surface area (Å²) in [5.41, 5.74) is 4.95. The molecule has 5 rings (SSSR count). The van der Waals surface area contributed by atoms with E-state index in [1.165, 1.54) is 4.52 Å². The molecule has 0 atom stereocenters. The van der Waals surface area contributed by atoms with Gasteiger partial charge in [-0.15, -0.1) is 5.10 Å². The second-order valence-corrected chi connectivity index (χ2v) is 8.22. The Hall–Kier alpha value is -4.46. The highest BCUT2D eigenvalue weighted by Gasteiger charge is 2.19. The Morgan fingerprint density at radius 3 is 2.35 bits per heavy atom. The molecule has 8 heteroatoms. The predicted molar refractivity (Wildman–Crippen MR) is 131 cm³/mol. The molecule has 0 aliphatic carbocycles. The smallest absolute Gasteiger partial charge is 0.296 e. The van der Waals surface area contributed by atoms with Gasteiger partial charge in [0.25, 0.3) is 11.5 Å². The summed E-state index contributed by atoms with van der Waals surface area (Å²) >= 11 is 0. The molecular weight excluding hydrogens is 430 g/mol. The molecule has 0 fully saturated rings. The fourth-order valence-corrected chi connectivity index (χ4v) is 3.87. The van der Waals surface area contributed by atoms with Gasteiger partial charge in [-0.25, -0.2) is 4.52 Å². The van der Waals surface area contributed by atoms with Crippen molar-refractivity contribution in [2.45, 2.75) is 20.4 Å². The third-order valence-corrected chi connectivity index (χ3v) is 5.71. The quantitative estimate of drug-likeness (QED) is 0.435. The maximum Gasteiger partial charge on any atom is 0.296 e. The average Bonchev–Trinajstić information content (AvgIpc) is 3.29. The van der Waals surface area contributed by atoms with E-state index in [4.69, 9.17) is 4.74 Å². The molecule has 0 saturated carbocycles. The van der Waals surface area contributed by atoms with Crippen molar-refractivity contribution in [1.29, 1.82) is 0 Å². The van der Waals surface area contributed by atoms with Crippen molar-refractivity contribution >= 4 is 28.3 Å². The average molecular weight is 454 g/mol. The van der Waals surface area contributed by atoms with Gasteiger partial charge in [0.15, 0.2) is 0 Å². The van der Waals surface area contributed by atoms with Gasteiger partial charge in [-0.2, -0.15) is 4.98 Å². The molecule has 0 radical (unpaired) electrons. The maximum absolute atomic E-state index is 13.5. The Balaban J connectivity index is 1.60. The van der Waals surface area contributed by atoms with Gasteiger partial charge in [-0.1, -0.05) is 35.9 Å². The van der Waals surface area contributed by atoms with Gasteiger partial charge < -0.3 is 10.1 Å². The lowest BCUT2D eigenvalue weighted by Gasteiger charge is -2.12. The van der Waals surface area contributed by atoms with Crippen LogP contribution in [0.3, 0.4) is 0 Å². The number of aromatic nitrogens is 4.